The van der Waals surface area contributed by atoms with Crippen molar-refractivity contribution in [1.29, 1.82) is 0 Å². The molecule has 3 nitrogen and oxygen atoms in total. The van der Waals surface area contributed by atoms with Crippen LogP contribution in [0.15, 0.2) is 0 Å². The molecule has 7 heteroatoms. The van der Waals surface area contributed by atoms with Crippen LogP contribution in [0.2, 0.25) is 0 Å². The molecule has 0 aromatic heterocycles. The first-order chi connectivity index (χ1) is 0. The molecule has 0 aliphatic heterocycles. The maximum absolute atomic E-state index is 0. The zero-order valence-electron chi connectivity index (χ0n) is 2.75. The van der Waals surface area contributed by atoms with Crippen LogP contribution >= 0.6 is 0 Å². The van der Waals surface area contributed by atoms with E-state index in [1.165, 1.54) is 0 Å². The third-order valence-electron chi connectivity index (χ3n) is 0. The van der Waals surface area contributed by atoms with E-state index in [0.29, 0.717) is 0 Å². The first-order valence-corrected chi connectivity index (χ1v) is 0. The van der Waals surface area contributed by atoms with E-state index in [-0.39, 0.29) is 92.7 Å². The molecule has 0 aliphatic rings. The Balaban J connectivity index is 0. The average molecular weight is 352 g/mol. The fraction of sp³-hybridized carbons (Fsp3) is 0. The van der Waals surface area contributed by atoms with Gasteiger partial charge in [-0.05, 0) is 0 Å². The molecule has 2 radical (unpaired) electrons. The zero-order chi connectivity index (χ0) is 0. The third kappa shape index (κ3) is 62.4. The molecular formula is Fe2Mo2O3. The number of hydrogen-bond donors (Lipinski definition) is 0. The van der Waals surface area contributed by atoms with E-state index < -0.39 is 0 Å². The molecule has 0 aliphatic carbocycles. The molecule has 0 aromatic carbocycles. The summed E-state index contributed by atoms with van der Waals surface area (Å²) in [4.78, 5) is 0. The van der Waals surface area contributed by atoms with Gasteiger partial charge < -0.3 is 16.4 Å². The summed E-state index contributed by atoms with van der Waals surface area (Å²) in [5.74, 6) is 0. The van der Waals surface area contributed by atoms with Crippen molar-refractivity contribution in [2.45, 2.75) is 0 Å². The Labute approximate surface area is 91.8 Å². The molecule has 0 heterocycles. The Bertz CT molecular complexity index is 10.9. The van der Waals surface area contributed by atoms with Crippen LogP contribution in [0.1, 0.15) is 0 Å². The van der Waals surface area contributed by atoms with Gasteiger partial charge in [-0.15, -0.1) is 0 Å². The van der Waals surface area contributed by atoms with E-state index in [1.807, 2.05) is 0 Å². The third-order valence-corrected chi connectivity index (χ3v) is 0. The van der Waals surface area contributed by atoms with Gasteiger partial charge in [-0.2, -0.15) is 0 Å². The van der Waals surface area contributed by atoms with Crippen LogP contribution in [0.4, 0.5) is 0 Å². The van der Waals surface area contributed by atoms with Gasteiger partial charge >= 0.3 is 34.1 Å². The summed E-state index contributed by atoms with van der Waals surface area (Å²) in [5, 5.41) is 0. The normalized spacial score (nSPS) is 0. The Kier molecular flexibility index (Phi) is 1450. The largest absolute Gasteiger partial charge is 3.00 e. The first kappa shape index (κ1) is 121. The quantitative estimate of drug-likeness (QED) is 0.534. The number of rotatable bonds is 0. The maximum atomic E-state index is 0. The number of hydrogen-bond acceptors (Lipinski definition) is 0. The van der Waals surface area contributed by atoms with Gasteiger partial charge in [0.2, 0.25) is 0 Å². The second-order valence-electron chi connectivity index (χ2n) is 0. The van der Waals surface area contributed by atoms with Crippen LogP contribution in [0, 0.1) is 0 Å². The van der Waals surface area contributed by atoms with Crippen LogP contribution in [-0.2, 0) is 92.7 Å². The minimum absolute atomic E-state index is 0. The second kappa shape index (κ2) is 83.8. The van der Waals surface area contributed by atoms with E-state index in [4.69, 9.17) is 0 Å². The van der Waals surface area contributed by atoms with E-state index in [9.17, 15) is 0 Å². The van der Waals surface area contributed by atoms with Crippen molar-refractivity contribution in [2.24, 2.45) is 0 Å². The molecule has 0 amide bonds. The summed E-state index contributed by atoms with van der Waals surface area (Å²) in [7, 11) is 0. The van der Waals surface area contributed by atoms with Gasteiger partial charge in [0.15, 0.2) is 0 Å². The van der Waals surface area contributed by atoms with Gasteiger partial charge in [-0.3, -0.25) is 0 Å². The molecular weight excluding hydrogens is 352 g/mol. The summed E-state index contributed by atoms with van der Waals surface area (Å²) in [6.07, 6.45) is 0. The van der Waals surface area contributed by atoms with Crippen LogP contribution in [0.5, 0.6) is 0 Å². The SMILES string of the molecule is [Fe+3].[Fe+3].[Mo].[Mo].[O-2].[O-2].[O-2]. The van der Waals surface area contributed by atoms with Crippen LogP contribution in [0.3, 0.4) is 0 Å². The molecule has 0 saturated heterocycles. The minimum Gasteiger partial charge on any atom is -2.00 e. The van der Waals surface area contributed by atoms with Gasteiger partial charge in [0.1, 0.15) is 0 Å². The summed E-state index contributed by atoms with van der Waals surface area (Å²) in [6, 6.07) is 0. The molecule has 0 saturated carbocycles. The Morgan fingerprint density at radius 1 is 0.429 bits per heavy atom. The van der Waals surface area contributed by atoms with E-state index >= 15 is 0 Å². The fourth-order valence-corrected chi connectivity index (χ4v) is 0. The van der Waals surface area contributed by atoms with E-state index in [1.54, 1.807) is 0 Å². The molecule has 0 unspecified atom stereocenters. The van der Waals surface area contributed by atoms with Crippen molar-refractivity contribution < 1.29 is 92.7 Å². The Hall–Kier alpha value is 2.30. The molecule has 0 aromatic rings. The molecule has 0 bridgehead atoms. The molecule has 46 valence electrons. The van der Waals surface area contributed by atoms with Crippen molar-refractivity contribution in [3.63, 3.8) is 0 Å². The van der Waals surface area contributed by atoms with E-state index in [2.05, 4.69) is 0 Å². The summed E-state index contributed by atoms with van der Waals surface area (Å²) < 4.78 is 0. The molecule has 0 atom stereocenters. The van der Waals surface area contributed by atoms with Gasteiger partial charge in [0.05, 0.1) is 0 Å². The minimum atomic E-state index is 0. The van der Waals surface area contributed by atoms with Crippen molar-refractivity contribution in [1.82, 2.24) is 0 Å². The van der Waals surface area contributed by atoms with Crippen molar-refractivity contribution in [3.8, 4) is 0 Å². The first-order valence-electron chi connectivity index (χ1n) is 0. The topological polar surface area (TPSA) is 85.5 Å². The van der Waals surface area contributed by atoms with E-state index in [0.717, 1.165) is 0 Å². The van der Waals surface area contributed by atoms with Gasteiger partial charge in [0, 0.05) is 42.1 Å². The van der Waals surface area contributed by atoms with Gasteiger partial charge in [-0.1, -0.05) is 0 Å². The van der Waals surface area contributed by atoms with Crippen LogP contribution in [0.25, 0.3) is 0 Å². The predicted molar refractivity (Wildman–Crippen MR) is 2.06 cm³/mol. The average Bonchev–Trinajstić information content (AvgIpc) is 0. The Morgan fingerprint density at radius 2 is 0.429 bits per heavy atom. The summed E-state index contributed by atoms with van der Waals surface area (Å²) >= 11 is 0. The molecule has 0 spiro atoms. The smallest absolute Gasteiger partial charge is 2.00 e. The Morgan fingerprint density at radius 3 is 0.429 bits per heavy atom. The van der Waals surface area contributed by atoms with Crippen molar-refractivity contribution in [2.75, 3.05) is 0 Å². The molecule has 7 heavy (non-hydrogen) atoms. The van der Waals surface area contributed by atoms with Crippen molar-refractivity contribution >= 4 is 0 Å². The second-order valence-corrected chi connectivity index (χ2v) is 0. The molecule has 0 N–H and O–H groups in total. The predicted octanol–water partition coefficient (Wildman–Crippen LogP) is -0.366. The summed E-state index contributed by atoms with van der Waals surface area (Å²) in [6.45, 7) is 0. The van der Waals surface area contributed by atoms with Gasteiger partial charge in [0.25, 0.3) is 0 Å². The monoisotopic (exact) mass is 356 g/mol. The van der Waals surface area contributed by atoms with Crippen molar-refractivity contribution in [3.05, 3.63) is 0 Å². The summed E-state index contributed by atoms with van der Waals surface area (Å²) in [5.41, 5.74) is 0. The van der Waals surface area contributed by atoms with Gasteiger partial charge in [-0.25, -0.2) is 0 Å². The fourth-order valence-electron chi connectivity index (χ4n) is 0. The zero-order valence-corrected chi connectivity index (χ0v) is 8.97. The standard InChI is InChI=1S/2Fe.2Mo.3O/q2*+3;;;3*-2. The maximum Gasteiger partial charge on any atom is 3.00 e. The van der Waals surface area contributed by atoms with Crippen LogP contribution in [-0.4, -0.2) is 0 Å². The van der Waals surface area contributed by atoms with Crippen LogP contribution < -0.4 is 0 Å². The molecule has 0 fully saturated rings. The molecule has 0 rings (SSSR count).